The number of nitrogens with zero attached hydrogens (tertiary/aromatic N) is 3. The van der Waals surface area contributed by atoms with Crippen LogP contribution in [0.15, 0.2) is 35.1 Å². The minimum Gasteiger partial charge on any atom is -0.481 e. The van der Waals surface area contributed by atoms with Gasteiger partial charge in [-0.2, -0.15) is 5.10 Å². The quantitative estimate of drug-likeness (QED) is 0.687. The van der Waals surface area contributed by atoms with Crippen LogP contribution in [0.4, 0.5) is 8.78 Å². The van der Waals surface area contributed by atoms with Crippen molar-refractivity contribution in [3.8, 4) is 0 Å². The summed E-state index contributed by atoms with van der Waals surface area (Å²) in [5, 5.41) is 12.9. The molecule has 28 heavy (non-hydrogen) atoms. The highest BCUT2D eigenvalue weighted by Gasteiger charge is 2.20. The highest BCUT2D eigenvalue weighted by molar-refractivity contribution is 5.92. The van der Waals surface area contributed by atoms with E-state index in [9.17, 15) is 23.2 Å². The molecule has 0 aliphatic heterocycles. The molecule has 0 saturated heterocycles. The third kappa shape index (κ3) is 5.68. The molecule has 10 heteroatoms. The van der Waals surface area contributed by atoms with E-state index < -0.39 is 29.1 Å². The van der Waals surface area contributed by atoms with E-state index in [1.165, 1.54) is 25.3 Å². The standard InChI is InChI=1S/C18H19F2N3O5/c1-28-9-8-23-16(24)5-4-15(21-23)18(27)22(7-6-17(25)26)11-12-2-3-13(19)14(20)10-12/h2-5,10H,6-9,11H2,1H3,(H,25,26). The Hall–Kier alpha value is -3.14. The molecular weight excluding hydrogens is 376 g/mol. The zero-order valence-corrected chi connectivity index (χ0v) is 15.1. The van der Waals surface area contributed by atoms with E-state index in [-0.39, 0.29) is 43.9 Å². The Bertz CT molecular complexity index is 916. The van der Waals surface area contributed by atoms with Gasteiger partial charge in [-0.1, -0.05) is 6.07 Å². The van der Waals surface area contributed by atoms with E-state index in [2.05, 4.69) is 5.10 Å². The molecule has 1 heterocycles. The van der Waals surface area contributed by atoms with E-state index in [1.807, 2.05) is 0 Å². The summed E-state index contributed by atoms with van der Waals surface area (Å²) in [5.41, 5.74) is -0.222. The van der Waals surface area contributed by atoms with Gasteiger partial charge in [-0.15, -0.1) is 0 Å². The maximum absolute atomic E-state index is 13.4. The molecular formula is C18H19F2N3O5. The van der Waals surface area contributed by atoms with Gasteiger partial charge in [0, 0.05) is 26.3 Å². The van der Waals surface area contributed by atoms with Crippen LogP contribution in [-0.4, -0.2) is 51.9 Å². The van der Waals surface area contributed by atoms with Gasteiger partial charge < -0.3 is 14.7 Å². The Morgan fingerprint density at radius 3 is 2.61 bits per heavy atom. The first-order valence-electron chi connectivity index (χ1n) is 8.34. The third-order valence-electron chi connectivity index (χ3n) is 3.83. The van der Waals surface area contributed by atoms with E-state index in [0.29, 0.717) is 0 Å². The summed E-state index contributed by atoms with van der Waals surface area (Å²) >= 11 is 0. The van der Waals surface area contributed by atoms with Crippen LogP contribution >= 0.6 is 0 Å². The zero-order valence-electron chi connectivity index (χ0n) is 15.1. The summed E-state index contributed by atoms with van der Waals surface area (Å²) in [4.78, 5) is 36.7. The second-order valence-corrected chi connectivity index (χ2v) is 5.89. The maximum Gasteiger partial charge on any atom is 0.305 e. The molecule has 1 aromatic heterocycles. The molecule has 1 amide bonds. The molecule has 0 spiro atoms. The minimum atomic E-state index is -1.12. The number of ether oxygens (including phenoxy) is 1. The van der Waals surface area contributed by atoms with Crippen molar-refractivity contribution >= 4 is 11.9 Å². The van der Waals surface area contributed by atoms with Gasteiger partial charge in [-0.05, 0) is 23.8 Å². The number of carboxylic acids is 1. The van der Waals surface area contributed by atoms with Gasteiger partial charge in [-0.3, -0.25) is 14.4 Å². The van der Waals surface area contributed by atoms with E-state index >= 15 is 0 Å². The number of rotatable bonds is 9. The number of carbonyl (C=O) groups is 2. The first-order valence-corrected chi connectivity index (χ1v) is 8.34. The highest BCUT2D eigenvalue weighted by Crippen LogP contribution is 2.13. The summed E-state index contributed by atoms with van der Waals surface area (Å²) in [6, 6.07) is 5.55. The Kier molecular flexibility index (Phi) is 7.33. The van der Waals surface area contributed by atoms with E-state index in [4.69, 9.17) is 9.84 Å². The fraction of sp³-hybridized carbons (Fsp3) is 0.333. The van der Waals surface area contributed by atoms with Crippen molar-refractivity contribution in [2.24, 2.45) is 0 Å². The molecule has 150 valence electrons. The smallest absolute Gasteiger partial charge is 0.305 e. The average Bonchev–Trinajstić information content (AvgIpc) is 2.66. The van der Waals surface area contributed by atoms with Crippen molar-refractivity contribution in [1.29, 1.82) is 0 Å². The number of hydrogen-bond donors (Lipinski definition) is 1. The lowest BCUT2D eigenvalue weighted by atomic mass is 10.2. The van der Waals surface area contributed by atoms with Crippen molar-refractivity contribution in [3.63, 3.8) is 0 Å². The Labute approximate surface area is 159 Å². The number of halogens is 2. The molecule has 0 radical (unpaired) electrons. The van der Waals surface area contributed by atoms with Crippen LogP contribution in [-0.2, 0) is 22.6 Å². The number of benzene rings is 1. The molecule has 0 atom stereocenters. The summed E-state index contributed by atoms with van der Waals surface area (Å²) in [6.45, 7) is 0.0190. The summed E-state index contributed by atoms with van der Waals surface area (Å²) in [7, 11) is 1.45. The van der Waals surface area contributed by atoms with Gasteiger partial charge >= 0.3 is 5.97 Å². The molecule has 2 rings (SSSR count). The largest absolute Gasteiger partial charge is 0.481 e. The van der Waals surface area contributed by atoms with Gasteiger partial charge in [0.25, 0.3) is 11.5 Å². The predicted octanol–water partition coefficient (Wildman–Crippen LogP) is 1.29. The lowest BCUT2D eigenvalue weighted by molar-refractivity contribution is -0.137. The molecule has 2 aromatic rings. The Morgan fingerprint density at radius 1 is 1.21 bits per heavy atom. The molecule has 0 aliphatic carbocycles. The number of methoxy groups -OCH3 is 1. The average molecular weight is 395 g/mol. The van der Waals surface area contributed by atoms with Crippen LogP contribution in [0.3, 0.4) is 0 Å². The minimum absolute atomic E-state index is 0.0799. The molecule has 0 saturated carbocycles. The fourth-order valence-electron chi connectivity index (χ4n) is 2.40. The van der Waals surface area contributed by atoms with Gasteiger partial charge in [-0.25, -0.2) is 13.5 Å². The Balaban J connectivity index is 2.28. The molecule has 0 aliphatic rings. The SMILES string of the molecule is COCCn1nc(C(=O)N(CCC(=O)O)Cc2ccc(F)c(F)c2)ccc1=O. The van der Waals surface area contributed by atoms with E-state index in [0.717, 1.165) is 21.7 Å². The lowest BCUT2D eigenvalue weighted by Gasteiger charge is -2.22. The van der Waals surface area contributed by atoms with Gasteiger partial charge in [0.15, 0.2) is 11.6 Å². The van der Waals surface area contributed by atoms with Gasteiger partial charge in [0.1, 0.15) is 5.69 Å². The molecule has 1 aromatic carbocycles. The number of amides is 1. The zero-order chi connectivity index (χ0) is 20.7. The van der Waals surface area contributed by atoms with Crippen molar-refractivity contribution in [2.45, 2.75) is 19.5 Å². The lowest BCUT2D eigenvalue weighted by Crippen LogP contribution is -2.35. The fourth-order valence-corrected chi connectivity index (χ4v) is 2.40. The van der Waals surface area contributed by atoms with Crippen LogP contribution in [0.2, 0.25) is 0 Å². The van der Waals surface area contributed by atoms with Crippen LogP contribution in [0.1, 0.15) is 22.5 Å². The van der Waals surface area contributed by atoms with Gasteiger partial charge in [0.2, 0.25) is 0 Å². The number of carbonyl (C=O) groups excluding carboxylic acids is 1. The van der Waals surface area contributed by atoms with Crippen molar-refractivity contribution in [2.75, 3.05) is 20.3 Å². The van der Waals surface area contributed by atoms with Crippen LogP contribution < -0.4 is 5.56 Å². The van der Waals surface area contributed by atoms with Crippen molar-refractivity contribution in [3.05, 3.63) is 63.6 Å². The van der Waals surface area contributed by atoms with Gasteiger partial charge in [0.05, 0.1) is 19.6 Å². The van der Waals surface area contributed by atoms with Crippen LogP contribution in [0.25, 0.3) is 0 Å². The van der Waals surface area contributed by atoms with Crippen LogP contribution in [0.5, 0.6) is 0 Å². The van der Waals surface area contributed by atoms with Crippen molar-refractivity contribution < 1.29 is 28.2 Å². The Morgan fingerprint density at radius 2 is 1.96 bits per heavy atom. The second kappa shape index (κ2) is 9.70. The number of hydrogen-bond acceptors (Lipinski definition) is 5. The first-order chi connectivity index (χ1) is 13.3. The maximum atomic E-state index is 13.4. The van der Waals surface area contributed by atoms with Crippen molar-refractivity contribution in [1.82, 2.24) is 14.7 Å². The number of aromatic nitrogens is 2. The molecule has 8 nitrogen and oxygen atoms in total. The summed E-state index contributed by atoms with van der Waals surface area (Å²) in [6.07, 6.45) is -0.348. The summed E-state index contributed by atoms with van der Waals surface area (Å²) < 4.78 is 32.5. The number of carboxylic acid groups (broad SMARTS) is 1. The normalized spacial score (nSPS) is 10.7. The monoisotopic (exact) mass is 395 g/mol. The third-order valence-corrected chi connectivity index (χ3v) is 3.83. The topological polar surface area (TPSA) is 102 Å². The van der Waals surface area contributed by atoms with Crippen LogP contribution in [0, 0.1) is 11.6 Å². The molecule has 0 fully saturated rings. The van der Waals surface area contributed by atoms with E-state index in [1.54, 1.807) is 0 Å². The predicted molar refractivity (Wildman–Crippen MR) is 93.7 cm³/mol. The number of aliphatic carboxylic acids is 1. The first kappa shape index (κ1) is 21.2. The molecule has 1 N–H and O–H groups in total. The summed E-state index contributed by atoms with van der Waals surface area (Å²) in [5.74, 6) is -3.87. The highest BCUT2D eigenvalue weighted by atomic mass is 19.2. The molecule has 0 unspecified atom stereocenters. The second-order valence-electron chi connectivity index (χ2n) is 5.89. The molecule has 0 bridgehead atoms.